The third-order valence-corrected chi connectivity index (χ3v) is 4.77. The Balaban J connectivity index is 1.43. The molecular formula is C20H25N3O4. The van der Waals surface area contributed by atoms with Gasteiger partial charge in [-0.25, -0.2) is 4.98 Å². The number of nitrogens with one attached hydrogen (secondary N) is 1. The highest BCUT2D eigenvalue weighted by Crippen LogP contribution is 2.10. The second-order valence-corrected chi connectivity index (χ2v) is 6.84. The lowest BCUT2D eigenvalue weighted by Crippen LogP contribution is -2.35. The van der Waals surface area contributed by atoms with E-state index in [1.165, 1.54) is 0 Å². The highest BCUT2D eigenvalue weighted by atomic mass is 16.5. The number of benzene rings is 1. The van der Waals surface area contributed by atoms with Gasteiger partial charge < -0.3 is 14.6 Å². The van der Waals surface area contributed by atoms with E-state index in [4.69, 9.17) is 4.74 Å². The number of hydrogen-bond acceptors (Lipinski definition) is 5. The Morgan fingerprint density at radius 2 is 1.85 bits per heavy atom. The molecule has 7 nitrogen and oxygen atoms in total. The molecular weight excluding hydrogens is 346 g/mol. The fraction of sp³-hybridized carbons (Fsp3) is 0.500. The van der Waals surface area contributed by atoms with Crippen molar-refractivity contribution in [3.8, 4) is 0 Å². The Morgan fingerprint density at radius 1 is 1.11 bits per heavy atom. The number of rotatable bonds is 6. The van der Waals surface area contributed by atoms with Crippen LogP contribution < -0.4 is 5.56 Å². The number of fused-ring (bicyclic) bond motifs is 1. The minimum Gasteiger partial charge on any atom is -0.456 e. The third kappa shape index (κ3) is 5.39. The van der Waals surface area contributed by atoms with Gasteiger partial charge in [0, 0.05) is 25.9 Å². The van der Waals surface area contributed by atoms with Gasteiger partial charge in [-0.05, 0) is 31.4 Å². The van der Waals surface area contributed by atoms with Crippen LogP contribution in [-0.2, 0) is 20.7 Å². The normalized spacial score (nSPS) is 14.7. The molecule has 144 valence electrons. The zero-order valence-corrected chi connectivity index (χ0v) is 15.4. The molecule has 1 saturated heterocycles. The van der Waals surface area contributed by atoms with Gasteiger partial charge >= 0.3 is 5.97 Å². The lowest BCUT2D eigenvalue weighted by molar-refractivity contribution is -0.152. The first-order chi connectivity index (χ1) is 13.1. The maximum Gasteiger partial charge on any atom is 0.306 e. The molecule has 2 heterocycles. The van der Waals surface area contributed by atoms with Crippen LogP contribution in [0.3, 0.4) is 0 Å². The van der Waals surface area contributed by atoms with Crippen LogP contribution in [0, 0.1) is 0 Å². The molecule has 1 aromatic carbocycles. The van der Waals surface area contributed by atoms with Crippen molar-refractivity contribution in [3.05, 3.63) is 40.4 Å². The number of hydrogen-bond donors (Lipinski definition) is 1. The average molecular weight is 371 g/mol. The maximum atomic E-state index is 12.1. The van der Waals surface area contributed by atoms with Crippen LogP contribution in [0.1, 0.15) is 44.3 Å². The molecule has 3 rings (SSSR count). The van der Waals surface area contributed by atoms with Crippen molar-refractivity contribution in [1.82, 2.24) is 14.9 Å². The molecule has 1 aromatic heterocycles. The number of carbonyl (C=O) groups is 2. The topological polar surface area (TPSA) is 92.4 Å². The lowest BCUT2D eigenvalue weighted by Gasteiger charge is -2.19. The number of aromatic amines is 1. The van der Waals surface area contributed by atoms with Crippen molar-refractivity contribution >= 4 is 22.8 Å². The molecule has 0 saturated carbocycles. The van der Waals surface area contributed by atoms with Gasteiger partial charge in [0.2, 0.25) is 0 Å². The van der Waals surface area contributed by atoms with Crippen LogP contribution in [0.2, 0.25) is 0 Å². The van der Waals surface area contributed by atoms with Crippen LogP contribution in [0.15, 0.2) is 29.1 Å². The van der Waals surface area contributed by atoms with E-state index in [9.17, 15) is 14.4 Å². The number of nitrogens with zero attached hydrogens (tertiary/aromatic N) is 2. The fourth-order valence-electron chi connectivity index (χ4n) is 3.28. The van der Waals surface area contributed by atoms with Crippen LogP contribution in [-0.4, -0.2) is 46.4 Å². The predicted octanol–water partition coefficient (Wildman–Crippen LogP) is 2.19. The smallest absolute Gasteiger partial charge is 0.306 e. The zero-order valence-electron chi connectivity index (χ0n) is 15.4. The van der Waals surface area contributed by atoms with Gasteiger partial charge in [-0.3, -0.25) is 14.4 Å². The summed E-state index contributed by atoms with van der Waals surface area (Å²) in [5.41, 5.74) is 0.461. The molecule has 1 aliphatic rings. The minimum absolute atomic E-state index is 0.120. The number of esters is 1. The molecule has 0 spiro atoms. The average Bonchev–Trinajstić information content (AvgIpc) is 2.96. The molecule has 0 bridgehead atoms. The Hall–Kier alpha value is -2.70. The summed E-state index contributed by atoms with van der Waals surface area (Å²) in [6.45, 7) is 1.30. The summed E-state index contributed by atoms with van der Waals surface area (Å²) < 4.78 is 5.11. The maximum absolute atomic E-state index is 12.1. The zero-order chi connectivity index (χ0) is 19.1. The van der Waals surface area contributed by atoms with Gasteiger partial charge in [-0.2, -0.15) is 0 Å². The lowest BCUT2D eigenvalue weighted by atomic mass is 10.2. The molecule has 0 atom stereocenters. The number of aromatic nitrogens is 2. The summed E-state index contributed by atoms with van der Waals surface area (Å²) in [6.07, 6.45) is 5.47. The minimum atomic E-state index is -0.402. The van der Waals surface area contributed by atoms with Gasteiger partial charge in [0.25, 0.3) is 11.5 Å². The Morgan fingerprint density at radius 3 is 2.63 bits per heavy atom. The fourth-order valence-corrected chi connectivity index (χ4v) is 3.28. The van der Waals surface area contributed by atoms with Crippen molar-refractivity contribution in [2.75, 3.05) is 19.7 Å². The van der Waals surface area contributed by atoms with E-state index in [2.05, 4.69) is 9.97 Å². The van der Waals surface area contributed by atoms with Crippen LogP contribution in [0.5, 0.6) is 0 Å². The Labute approximate surface area is 157 Å². The number of aryl methyl sites for hydroxylation is 1. The molecule has 1 fully saturated rings. The highest BCUT2D eigenvalue weighted by Gasteiger charge is 2.17. The number of para-hydroxylation sites is 1. The van der Waals surface area contributed by atoms with Crippen molar-refractivity contribution in [1.29, 1.82) is 0 Å². The quantitative estimate of drug-likeness (QED) is 0.786. The summed E-state index contributed by atoms with van der Waals surface area (Å²) in [5.74, 6) is 0.0271. The molecule has 1 amide bonds. The molecule has 0 aliphatic carbocycles. The molecule has 0 unspecified atom stereocenters. The first-order valence-electron chi connectivity index (χ1n) is 9.55. The second-order valence-electron chi connectivity index (χ2n) is 6.84. The van der Waals surface area contributed by atoms with Gasteiger partial charge in [-0.1, -0.05) is 25.0 Å². The Kier molecular flexibility index (Phi) is 6.57. The standard InChI is InChI=1S/C20H25N3O4/c24-18(23-12-5-1-2-6-13-23)14-27-19(25)11-7-10-17-21-16-9-4-3-8-15(16)20(26)22-17/h3-4,8-9H,1-2,5-7,10-14H2,(H,21,22,26). The van der Waals surface area contributed by atoms with E-state index in [0.29, 0.717) is 29.6 Å². The number of ether oxygens (including phenoxy) is 1. The van der Waals surface area contributed by atoms with Crippen molar-refractivity contribution in [2.24, 2.45) is 0 Å². The van der Waals surface area contributed by atoms with Gasteiger partial charge in [0.05, 0.1) is 10.9 Å². The number of amides is 1. The van der Waals surface area contributed by atoms with E-state index in [1.54, 1.807) is 23.1 Å². The largest absolute Gasteiger partial charge is 0.456 e. The second kappa shape index (κ2) is 9.30. The number of H-pyrrole nitrogens is 1. The molecule has 1 N–H and O–H groups in total. The first kappa shape index (κ1) is 19.1. The molecule has 0 radical (unpaired) electrons. The van der Waals surface area contributed by atoms with Gasteiger partial charge in [0.15, 0.2) is 6.61 Å². The SMILES string of the molecule is O=C(CCCc1nc2ccccc2c(=O)[nH]1)OCC(=O)N1CCCCCC1. The number of carbonyl (C=O) groups excluding carboxylic acids is 2. The summed E-state index contributed by atoms with van der Waals surface area (Å²) in [5, 5.41) is 0.549. The molecule has 27 heavy (non-hydrogen) atoms. The van der Waals surface area contributed by atoms with Crippen LogP contribution >= 0.6 is 0 Å². The van der Waals surface area contributed by atoms with Crippen molar-refractivity contribution < 1.29 is 14.3 Å². The van der Waals surface area contributed by atoms with Crippen molar-refractivity contribution in [3.63, 3.8) is 0 Å². The summed E-state index contributed by atoms with van der Waals surface area (Å²) in [7, 11) is 0. The summed E-state index contributed by atoms with van der Waals surface area (Å²) in [6, 6.07) is 7.14. The van der Waals surface area contributed by atoms with Crippen LogP contribution in [0.25, 0.3) is 10.9 Å². The number of likely N-dealkylation sites (tertiary alicyclic amines) is 1. The molecule has 1 aliphatic heterocycles. The third-order valence-electron chi connectivity index (χ3n) is 4.77. The highest BCUT2D eigenvalue weighted by molar-refractivity contribution is 5.80. The van der Waals surface area contributed by atoms with Crippen LogP contribution in [0.4, 0.5) is 0 Å². The Bertz CT molecular complexity index is 854. The van der Waals surface area contributed by atoms with E-state index in [0.717, 1.165) is 38.8 Å². The van der Waals surface area contributed by atoms with Crippen molar-refractivity contribution in [2.45, 2.75) is 44.9 Å². The summed E-state index contributed by atoms with van der Waals surface area (Å²) in [4.78, 5) is 44.9. The molecule has 7 heteroatoms. The van der Waals surface area contributed by atoms with E-state index in [1.807, 2.05) is 6.07 Å². The van der Waals surface area contributed by atoms with Gasteiger partial charge in [0.1, 0.15) is 5.82 Å². The summed E-state index contributed by atoms with van der Waals surface area (Å²) >= 11 is 0. The molecule has 2 aromatic rings. The van der Waals surface area contributed by atoms with Gasteiger partial charge in [-0.15, -0.1) is 0 Å². The monoisotopic (exact) mass is 371 g/mol. The van der Waals surface area contributed by atoms with E-state index < -0.39 is 5.97 Å². The van der Waals surface area contributed by atoms with E-state index >= 15 is 0 Å². The predicted molar refractivity (Wildman–Crippen MR) is 101 cm³/mol. The first-order valence-corrected chi connectivity index (χ1v) is 9.55. The van der Waals surface area contributed by atoms with E-state index in [-0.39, 0.29) is 24.5 Å².